The third kappa shape index (κ3) is 3.38. The van der Waals surface area contributed by atoms with Crippen LogP contribution >= 0.6 is 23.2 Å². The molecule has 2 atom stereocenters. The molecule has 0 N–H and O–H groups in total. The van der Waals surface area contributed by atoms with Gasteiger partial charge in [-0.15, -0.1) is 11.6 Å². The molecule has 2 unspecified atom stereocenters. The van der Waals surface area contributed by atoms with Gasteiger partial charge in [0, 0.05) is 13.1 Å². The molecule has 0 saturated carbocycles. The second kappa shape index (κ2) is 6.07. The van der Waals surface area contributed by atoms with Crippen molar-refractivity contribution in [2.75, 3.05) is 19.0 Å². The highest BCUT2D eigenvalue weighted by molar-refractivity contribution is 6.33. The summed E-state index contributed by atoms with van der Waals surface area (Å²) in [4.78, 5) is 14.0. The summed E-state index contributed by atoms with van der Waals surface area (Å²) in [5.74, 6) is -0.364. The van der Waals surface area contributed by atoms with Gasteiger partial charge in [-0.25, -0.2) is 4.39 Å². The van der Waals surface area contributed by atoms with Crippen LogP contribution in [0.15, 0.2) is 18.2 Å². The predicted octanol–water partition coefficient (Wildman–Crippen LogP) is 2.95. The van der Waals surface area contributed by atoms with Gasteiger partial charge in [-0.05, 0) is 25.1 Å². The SMILES string of the molecule is CC1CN(C(=O)c2ccc(F)cc2Cl)CC(CCl)O1. The van der Waals surface area contributed by atoms with E-state index >= 15 is 0 Å². The molecule has 2 rings (SSSR count). The molecule has 0 aromatic heterocycles. The van der Waals surface area contributed by atoms with Crippen molar-refractivity contribution >= 4 is 29.1 Å². The molecule has 1 aromatic carbocycles. The van der Waals surface area contributed by atoms with Crippen molar-refractivity contribution in [2.24, 2.45) is 0 Å². The van der Waals surface area contributed by atoms with Gasteiger partial charge in [0.1, 0.15) is 5.82 Å². The Labute approximate surface area is 121 Å². The van der Waals surface area contributed by atoms with E-state index in [1.807, 2.05) is 6.92 Å². The van der Waals surface area contributed by atoms with E-state index in [1.54, 1.807) is 4.90 Å². The van der Waals surface area contributed by atoms with Crippen LogP contribution in [0.4, 0.5) is 4.39 Å². The Morgan fingerprint density at radius 1 is 1.53 bits per heavy atom. The lowest BCUT2D eigenvalue weighted by Crippen LogP contribution is -2.49. The maximum absolute atomic E-state index is 13.0. The van der Waals surface area contributed by atoms with E-state index in [0.29, 0.717) is 24.5 Å². The molecule has 6 heteroatoms. The molecule has 1 saturated heterocycles. The van der Waals surface area contributed by atoms with Gasteiger partial charge in [0.25, 0.3) is 5.91 Å². The fourth-order valence-electron chi connectivity index (χ4n) is 2.13. The summed E-state index contributed by atoms with van der Waals surface area (Å²) in [5.41, 5.74) is 0.297. The second-order valence-electron chi connectivity index (χ2n) is 4.56. The monoisotopic (exact) mass is 305 g/mol. The number of rotatable bonds is 2. The number of hydrogen-bond donors (Lipinski definition) is 0. The number of alkyl halides is 1. The third-order valence-electron chi connectivity index (χ3n) is 2.95. The first kappa shape index (κ1) is 14.6. The van der Waals surface area contributed by atoms with Crippen molar-refractivity contribution in [3.05, 3.63) is 34.6 Å². The lowest BCUT2D eigenvalue weighted by Gasteiger charge is -2.36. The molecule has 0 radical (unpaired) electrons. The summed E-state index contributed by atoms with van der Waals surface area (Å²) in [5, 5.41) is 0.117. The predicted molar refractivity (Wildman–Crippen MR) is 72.4 cm³/mol. The first-order chi connectivity index (χ1) is 9.01. The Bertz CT molecular complexity index is 484. The van der Waals surface area contributed by atoms with E-state index in [4.69, 9.17) is 27.9 Å². The van der Waals surface area contributed by atoms with Crippen LogP contribution < -0.4 is 0 Å². The van der Waals surface area contributed by atoms with Crippen LogP contribution in [-0.2, 0) is 4.74 Å². The Morgan fingerprint density at radius 2 is 2.26 bits per heavy atom. The Kier molecular flexibility index (Phi) is 4.66. The molecular formula is C13H14Cl2FNO2. The van der Waals surface area contributed by atoms with Crippen molar-refractivity contribution in [1.29, 1.82) is 0 Å². The molecule has 1 fully saturated rings. The number of morpholine rings is 1. The molecule has 19 heavy (non-hydrogen) atoms. The van der Waals surface area contributed by atoms with Crippen LogP contribution in [0, 0.1) is 5.82 Å². The van der Waals surface area contributed by atoms with Crippen molar-refractivity contribution in [1.82, 2.24) is 4.90 Å². The van der Waals surface area contributed by atoms with E-state index in [2.05, 4.69) is 0 Å². The van der Waals surface area contributed by atoms with Crippen molar-refractivity contribution in [2.45, 2.75) is 19.1 Å². The zero-order valence-corrected chi connectivity index (χ0v) is 11.9. The fraction of sp³-hybridized carbons (Fsp3) is 0.462. The molecule has 104 valence electrons. The average molecular weight is 306 g/mol. The normalized spacial score (nSPS) is 23.5. The first-order valence-corrected chi connectivity index (χ1v) is 6.88. The van der Waals surface area contributed by atoms with Gasteiger partial charge in [-0.1, -0.05) is 11.6 Å². The van der Waals surface area contributed by atoms with Crippen LogP contribution in [0.25, 0.3) is 0 Å². The number of amides is 1. The highest BCUT2D eigenvalue weighted by Crippen LogP contribution is 2.21. The topological polar surface area (TPSA) is 29.5 Å². The molecule has 0 bridgehead atoms. The minimum atomic E-state index is -0.462. The standard InChI is InChI=1S/C13H14Cl2FNO2/c1-8-6-17(7-10(5-14)19-8)13(18)11-3-2-9(16)4-12(11)15/h2-4,8,10H,5-7H2,1H3. The van der Waals surface area contributed by atoms with E-state index in [9.17, 15) is 9.18 Å². The van der Waals surface area contributed by atoms with Crippen molar-refractivity contribution in [3.8, 4) is 0 Å². The van der Waals surface area contributed by atoms with Gasteiger partial charge in [0.05, 0.1) is 28.7 Å². The number of nitrogens with zero attached hydrogens (tertiary/aromatic N) is 1. The van der Waals surface area contributed by atoms with Crippen LogP contribution in [0.5, 0.6) is 0 Å². The number of hydrogen-bond acceptors (Lipinski definition) is 2. The molecule has 0 aliphatic carbocycles. The molecule has 1 aliphatic rings. The van der Waals surface area contributed by atoms with Crippen molar-refractivity contribution in [3.63, 3.8) is 0 Å². The number of carbonyl (C=O) groups excluding carboxylic acids is 1. The minimum absolute atomic E-state index is 0.0827. The molecule has 3 nitrogen and oxygen atoms in total. The maximum atomic E-state index is 13.0. The quantitative estimate of drug-likeness (QED) is 0.786. The number of benzene rings is 1. The highest BCUT2D eigenvalue weighted by atomic mass is 35.5. The average Bonchev–Trinajstić information content (AvgIpc) is 2.37. The molecule has 0 spiro atoms. The van der Waals surface area contributed by atoms with Crippen LogP contribution in [0.2, 0.25) is 5.02 Å². The molecule has 1 aliphatic heterocycles. The molecule has 1 aromatic rings. The van der Waals surface area contributed by atoms with Gasteiger partial charge < -0.3 is 9.64 Å². The molecule has 1 heterocycles. The highest BCUT2D eigenvalue weighted by Gasteiger charge is 2.29. The zero-order chi connectivity index (χ0) is 14.0. The summed E-state index contributed by atoms with van der Waals surface area (Å²) in [6.45, 7) is 2.77. The lowest BCUT2D eigenvalue weighted by atomic mass is 10.1. The Morgan fingerprint density at radius 3 is 2.89 bits per heavy atom. The first-order valence-electron chi connectivity index (χ1n) is 5.97. The molecule has 1 amide bonds. The van der Waals surface area contributed by atoms with Gasteiger partial charge in [0.15, 0.2) is 0 Å². The fourth-order valence-corrected chi connectivity index (χ4v) is 2.55. The van der Waals surface area contributed by atoms with E-state index in [0.717, 1.165) is 6.07 Å². The third-order valence-corrected chi connectivity index (χ3v) is 3.60. The summed E-state index contributed by atoms with van der Waals surface area (Å²) in [6, 6.07) is 3.76. The van der Waals surface area contributed by atoms with E-state index in [1.165, 1.54) is 12.1 Å². The zero-order valence-electron chi connectivity index (χ0n) is 10.4. The Balaban J connectivity index is 2.18. The largest absolute Gasteiger partial charge is 0.370 e. The Hall–Kier alpha value is -0.840. The number of halogens is 3. The van der Waals surface area contributed by atoms with Gasteiger partial charge in [0.2, 0.25) is 0 Å². The van der Waals surface area contributed by atoms with Gasteiger partial charge in [-0.3, -0.25) is 4.79 Å². The number of carbonyl (C=O) groups is 1. The van der Waals surface area contributed by atoms with Crippen LogP contribution in [0.1, 0.15) is 17.3 Å². The summed E-state index contributed by atoms with van der Waals surface area (Å²) < 4.78 is 18.6. The van der Waals surface area contributed by atoms with E-state index < -0.39 is 5.82 Å². The summed E-state index contributed by atoms with van der Waals surface area (Å²) >= 11 is 11.7. The second-order valence-corrected chi connectivity index (χ2v) is 5.27. The lowest BCUT2D eigenvalue weighted by molar-refractivity contribution is -0.0570. The minimum Gasteiger partial charge on any atom is -0.370 e. The van der Waals surface area contributed by atoms with Crippen molar-refractivity contribution < 1.29 is 13.9 Å². The van der Waals surface area contributed by atoms with Gasteiger partial charge in [-0.2, -0.15) is 0 Å². The smallest absolute Gasteiger partial charge is 0.255 e. The summed E-state index contributed by atoms with van der Waals surface area (Å²) in [6.07, 6.45) is -0.269. The van der Waals surface area contributed by atoms with Crippen LogP contribution in [-0.4, -0.2) is 42.0 Å². The molecular weight excluding hydrogens is 292 g/mol. The maximum Gasteiger partial charge on any atom is 0.255 e. The van der Waals surface area contributed by atoms with Crippen LogP contribution in [0.3, 0.4) is 0 Å². The van der Waals surface area contributed by atoms with E-state index in [-0.39, 0.29) is 23.1 Å². The van der Waals surface area contributed by atoms with Gasteiger partial charge >= 0.3 is 0 Å². The summed E-state index contributed by atoms with van der Waals surface area (Å²) in [7, 11) is 0. The number of ether oxygens (including phenoxy) is 1.